The molecule has 0 saturated carbocycles. The highest BCUT2D eigenvalue weighted by Gasteiger charge is 2.21. The first-order valence-electron chi connectivity index (χ1n) is 7.91. The summed E-state index contributed by atoms with van der Waals surface area (Å²) in [5.41, 5.74) is 1.55. The van der Waals surface area contributed by atoms with Gasteiger partial charge in [-0.25, -0.2) is 13.3 Å². The van der Waals surface area contributed by atoms with Crippen molar-refractivity contribution < 1.29 is 18.3 Å². The van der Waals surface area contributed by atoms with E-state index < -0.39 is 21.8 Å². The first kappa shape index (κ1) is 19.0. The van der Waals surface area contributed by atoms with Gasteiger partial charge in [0.25, 0.3) is 5.70 Å². The number of rotatable bonds is 5. The second kappa shape index (κ2) is 8.14. The lowest BCUT2D eigenvalue weighted by Gasteiger charge is -2.28. The van der Waals surface area contributed by atoms with Gasteiger partial charge < -0.3 is 15.3 Å². The number of carbonyl (C=O) groups is 1. The van der Waals surface area contributed by atoms with Gasteiger partial charge in [-0.1, -0.05) is 12.1 Å². The van der Waals surface area contributed by atoms with Crippen LogP contribution in [0.1, 0.15) is 12.5 Å². The maximum atomic E-state index is 11.9. The Morgan fingerprint density at radius 1 is 1.36 bits per heavy atom. The molecule has 0 aliphatic carbocycles. The molecule has 1 aromatic rings. The summed E-state index contributed by atoms with van der Waals surface area (Å²) in [5, 5.41) is 11.7. The van der Waals surface area contributed by atoms with Gasteiger partial charge in [0.05, 0.1) is 24.2 Å². The SMILES string of the molecule is [C-]#[N+]C(=Cc1ccc(N2CCS(=O)(=O)CC2)cc1)C(=O)NCC(C)O. The molecule has 1 aromatic carbocycles. The predicted molar refractivity (Wildman–Crippen MR) is 96.6 cm³/mol. The van der Waals surface area contributed by atoms with Crippen molar-refractivity contribution in [3.63, 3.8) is 0 Å². The van der Waals surface area contributed by atoms with Crippen molar-refractivity contribution in [3.8, 4) is 0 Å². The number of hydrogen-bond donors (Lipinski definition) is 2. The van der Waals surface area contributed by atoms with E-state index in [0.717, 1.165) is 5.69 Å². The van der Waals surface area contributed by atoms with Crippen LogP contribution in [0.4, 0.5) is 5.69 Å². The van der Waals surface area contributed by atoms with Crippen LogP contribution >= 0.6 is 0 Å². The van der Waals surface area contributed by atoms with Gasteiger partial charge in [0.15, 0.2) is 9.84 Å². The van der Waals surface area contributed by atoms with E-state index >= 15 is 0 Å². The Morgan fingerprint density at radius 2 is 1.96 bits per heavy atom. The van der Waals surface area contributed by atoms with E-state index in [2.05, 4.69) is 10.2 Å². The summed E-state index contributed by atoms with van der Waals surface area (Å²) in [6.45, 7) is 9.70. The van der Waals surface area contributed by atoms with Crippen molar-refractivity contribution in [1.29, 1.82) is 0 Å². The lowest BCUT2D eigenvalue weighted by Crippen LogP contribution is -2.40. The van der Waals surface area contributed by atoms with Crippen molar-refractivity contribution in [2.45, 2.75) is 13.0 Å². The van der Waals surface area contributed by atoms with E-state index in [1.807, 2.05) is 17.0 Å². The van der Waals surface area contributed by atoms with Crippen molar-refractivity contribution in [3.05, 3.63) is 46.9 Å². The Labute approximate surface area is 147 Å². The number of aliphatic hydroxyl groups is 1. The van der Waals surface area contributed by atoms with Crippen LogP contribution in [0.15, 0.2) is 30.0 Å². The molecule has 134 valence electrons. The van der Waals surface area contributed by atoms with Crippen LogP contribution in [0.3, 0.4) is 0 Å². The Balaban J connectivity index is 2.06. The molecule has 0 spiro atoms. The van der Waals surface area contributed by atoms with Crippen LogP contribution in [0.2, 0.25) is 0 Å². The van der Waals surface area contributed by atoms with Crippen LogP contribution in [0.25, 0.3) is 10.9 Å². The molecule has 1 unspecified atom stereocenters. The molecule has 0 aromatic heterocycles. The number of hydrogen-bond acceptors (Lipinski definition) is 5. The van der Waals surface area contributed by atoms with Gasteiger partial charge in [0, 0.05) is 25.3 Å². The molecule has 2 rings (SSSR count). The first-order valence-corrected chi connectivity index (χ1v) is 9.74. The summed E-state index contributed by atoms with van der Waals surface area (Å²) in [5.74, 6) is -0.221. The van der Waals surface area contributed by atoms with E-state index in [9.17, 15) is 18.3 Å². The average Bonchev–Trinajstić information content (AvgIpc) is 2.58. The minimum atomic E-state index is -2.92. The quantitative estimate of drug-likeness (QED) is 0.593. The number of aliphatic hydroxyl groups excluding tert-OH is 1. The maximum absolute atomic E-state index is 11.9. The highest BCUT2D eigenvalue weighted by Crippen LogP contribution is 2.19. The Kier molecular flexibility index (Phi) is 6.17. The van der Waals surface area contributed by atoms with Gasteiger partial charge >= 0.3 is 0 Å². The molecular formula is C17H21N3O4S. The van der Waals surface area contributed by atoms with Gasteiger partial charge in [-0.15, -0.1) is 0 Å². The second-order valence-electron chi connectivity index (χ2n) is 5.93. The molecule has 0 bridgehead atoms. The van der Waals surface area contributed by atoms with Crippen molar-refractivity contribution in [2.24, 2.45) is 0 Å². The van der Waals surface area contributed by atoms with Gasteiger partial charge in [0.2, 0.25) is 5.91 Å². The van der Waals surface area contributed by atoms with E-state index in [1.165, 1.54) is 6.08 Å². The summed E-state index contributed by atoms with van der Waals surface area (Å²) < 4.78 is 23.0. The molecule has 1 saturated heterocycles. The highest BCUT2D eigenvalue weighted by atomic mass is 32.2. The molecule has 0 radical (unpaired) electrons. The standard InChI is InChI=1S/C17H21N3O4S/c1-13(21)12-19-17(22)16(18-2)11-14-3-5-15(6-4-14)20-7-9-25(23,24)10-8-20/h3-6,11,13,21H,7-10,12H2,1H3,(H,19,22). The summed E-state index contributed by atoms with van der Waals surface area (Å²) in [6, 6.07) is 7.26. The van der Waals surface area contributed by atoms with Crippen LogP contribution < -0.4 is 10.2 Å². The molecule has 1 fully saturated rings. The molecular weight excluding hydrogens is 342 g/mol. The topological polar surface area (TPSA) is 91.1 Å². The number of nitrogens with zero attached hydrogens (tertiary/aromatic N) is 2. The molecule has 1 aliphatic heterocycles. The third kappa shape index (κ3) is 5.59. The van der Waals surface area contributed by atoms with Crippen molar-refractivity contribution >= 4 is 27.5 Å². The molecule has 7 nitrogen and oxygen atoms in total. The van der Waals surface area contributed by atoms with Crippen LogP contribution in [0, 0.1) is 6.57 Å². The first-order chi connectivity index (χ1) is 11.8. The van der Waals surface area contributed by atoms with Crippen molar-refractivity contribution in [1.82, 2.24) is 5.32 Å². The van der Waals surface area contributed by atoms with Gasteiger partial charge in [0.1, 0.15) is 0 Å². The van der Waals surface area contributed by atoms with Gasteiger partial charge in [-0.3, -0.25) is 4.79 Å². The number of nitrogens with one attached hydrogen (secondary N) is 1. The van der Waals surface area contributed by atoms with Gasteiger partial charge in [-0.05, 0) is 30.7 Å². The molecule has 2 N–H and O–H groups in total. The molecule has 1 heterocycles. The summed E-state index contributed by atoms with van der Waals surface area (Å²) in [6.07, 6.45) is 0.804. The minimum Gasteiger partial charge on any atom is -0.392 e. The smallest absolute Gasteiger partial charge is 0.250 e. The zero-order valence-electron chi connectivity index (χ0n) is 14.0. The van der Waals surface area contributed by atoms with Crippen molar-refractivity contribution in [2.75, 3.05) is 36.0 Å². The molecule has 25 heavy (non-hydrogen) atoms. The van der Waals surface area contributed by atoms with Crippen LogP contribution in [-0.2, 0) is 14.6 Å². The largest absolute Gasteiger partial charge is 0.392 e. The maximum Gasteiger partial charge on any atom is 0.250 e. The third-order valence-corrected chi connectivity index (χ3v) is 5.43. The molecule has 8 heteroatoms. The van der Waals surface area contributed by atoms with Crippen LogP contribution in [-0.4, -0.2) is 56.7 Å². The Bertz CT molecular complexity index is 778. The summed E-state index contributed by atoms with van der Waals surface area (Å²) in [4.78, 5) is 17.1. The number of benzene rings is 1. The Hall–Kier alpha value is -2.37. The Morgan fingerprint density at radius 3 is 2.48 bits per heavy atom. The van der Waals surface area contributed by atoms with E-state index in [4.69, 9.17) is 6.57 Å². The number of amides is 1. The lowest BCUT2D eigenvalue weighted by atomic mass is 10.1. The van der Waals surface area contributed by atoms with E-state index in [-0.39, 0.29) is 23.7 Å². The fourth-order valence-corrected chi connectivity index (χ4v) is 3.59. The third-order valence-electron chi connectivity index (χ3n) is 3.82. The lowest BCUT2D eigenvalue weighted by molar-refractivity contribution is -0.117. The zero-order valence-corrected chi connectivity index (χ0v) is 14.8. The predicted octanol–water partition coefficient (Wildman–Crippen LogP) is 0.679. The average molecular weight is 363 g/mol. The summed E-state index contributed by atoms with van der Waals surface area (Å²) >= 11 is 0. The molecule has 1 aliphatic rings. The monoisotopic (exact) mass is 363 g/mol. The molecule has 1 amide bonds. The fraction of sp³-hybridized carbons (Fsp3) is 0.412. The zero-order chi connectivity index (χ0) is 18.4. The van der Waals surface area contributed by atoms with E-state index in [0.29, 0.717) is 18.7 Å². The van der Waals surface area contributed by atoms with Crippen LogP contribution in [0.5, 0.6) is 0 Å². The molecule has 1 atom stereocenters. The van der Waals surface area contributed by atoms with Gasteiger partial charge in [-0.2, -0.15) is 0 Å². The number of sulfone groups is 1. The minimum absolute atomic E-state index is 0.0579. The fourth-order valence-electron chi connectivity index (χ4n) is 2.39. The number of anilines is 1. The summed E-state index contributed by atoms with van der Waals surface area (Å²) in [7, 11) is -2.92. The second-order valence-corrected chi connectivity index (χ2v) is 8.23. The number of carbonyl (C=O) groups excluding carboxylic acids is 1. The highest BCUT2D eigenvalue weighted by molar-refractivity contribution is 7.91. The van der Waals surface area contributed by atoms with E-state index in [1.54, 1.807) is 19.1 Å². The normalized spacial score (nSPS) is 18.3.